The van der Waals surface area contributed by atoms with Crippen LogP contribution in [0.2, 0.25) is 0 Å². The summed E-state index contributed by atoms with van der Waals surface area (Å²) in [6, 6.07) is 11.7. The molecule has 1 atom stereocenters. The Labute approximate surface area is 195 Å². The second-order valence-corrected chi connectivity index (χ2v) is 9.45. The standard InChI is InChI=1S/C25H34N4O4/c1-25(2,29(24(30)31)22-17-28-12-10-18(22)11-13-28)20-7-4-6-19(16-20)21-8-9-23(27-26-21)33-15-5-14-32-3/h4,6-9,16,18,22H,5,10-15,17H2,1-3H3,(H,30,31). The lowest BCUT2D eigenvalue weighted by molar-refractivity contribution is -0.0289. The van der Waals surface area contributed by atoms with Gasteiger partial charge in [-0.05, 0) is 63.4 Å². The summed E-state index contributed by atoms with van der Waals surface area (Å²) in [6.07, 6.45) is 2.07. The van der Waals surface area contributed by atoms with E-state index in [1.165, 1.54) is 0 Å². The number of rotatable bonds is 9. The quantitative estimate of drug-likeness (QED) is 0.576. The fraction of sp³-hybridized carbons (Fsp3) is 0.560. The van der Waals surface area contributed by atoms with Gasteiger partial charge in [0.15, 0.2) is 0 Å². The maximum atomic E-state index is 12.5. The minimum atomic E-state index is -0.862. The molecule has 1 N–H and O–H groups in total. The van der Waals surface area contributed by atoms with E-state index in [0.29, 0.717) is 25.0 Å². The van der Waals surface area contributed by atoms with E-state index >= 15 is 0 Å². The van der Waals surface area contributed by atoms with Crippen molar-refractivity contribution in [2.24, 2.45) is 5.92 Å². The number of fused-ring (bicyclic) bond motifs is 3. The van der Waals surface area contributed by atoms with Crippen molar-refractivity contribution in [3.63, 3.8) is 0 Å². The number of methoxy groups -OCH3 is 1. The molecule has 0 saturated carbocycles. The minimum Gasteiger partial charge on any atom is -0.477 e. The highest BCUT2D eigenvalue weighted by molar-refractivity contribution is 5.68. The number of carboxylic acid groups (broad SMARTS) is 1. The number of benzene rings is 1. The summed E-state index contributed by atoms with van der Waals surface area (Å²) in [7, 11) is 1.66. The summed E-state index contributed by atoms with van der Waals surface area (Å²) in [6.45, 7) is 8.14. The van der Waals surface area contributed by atoms with Crippen LogP contribution in [0.15, 0.2) is 36.4 Å². The molecule has 33 heavy (non-hydrogen) atoms. The number of hydrogen-bond donors (Lipinski definition) is 1. The smallest absolute Gasteiger partial charge is 0.408 e. The Balaban J connectivity index is 1.53. The van der Waals surface area contributed by atoms with E-state index in [1.807, 2.05) is 50.2 Å². The van der Waals surface area contributed by atoms with Crippen molar-refractivity contribution in [2.75, 3.05) is 40.0 Å². The van der Waals surface area contributed by atoms with Crippen LogP contribution in [0.25, 0.3) is 11.3 Å². The van der Waals surface area contributed by atoms with Crippen molar-refractivity contribution in [3.05, 3.63) is 42.0 Å². The zero-order valence-corrected chi connectivity index (χ0v) is 19.7. The van der Waals surface area contributed by atoms with Crippen LogP contribution in [0, 0.1) is 5.92 Å². The molecule has 8 heteroatoms. The molecule has 178 valence electrons. The van der Waals surface area contributed by atoms with E-state index < -0.39 is 11.6 Å². The molecule has 8 nitrogen and oxygen atoms in total. The minimum absolute atomic E-state index is 0.0120. The van der Waals surface area contributed by atoms with Crippen molar-refractivity contribution in [2.45, 2.75) is 44.7 Å². The second kappa shape index (κ2) is 10.1. The van der Waals surface area contributed by atoms with Gasteiger partial charge >= 0.3 is 6.09 Å². The number of piperidine rings is 3. The second-order valence-electron chi connectivity index (χ2n) is 9.45. The van der Waals surface area contributed by atoms with Crippen LogP contribution in [-0.4, -0.2) is 77.2 Å². The maximum absolute atomic E-state index is 12.5. The fourth-order valence-corrected chi connectivity index (χ4v) is 5.15. The number of carbonyl (C=O) groups is 1. The van der Waals surface area contributed by atoms with Crippen LogP contribution in [0.4, 0.5) is 4.79 Å². The van der Waals surface area contributed by atoms with Gasteiger partial charge in [0.05, 0.1) is 23.9 Å². The molecule has 0 aliphatic carbocycles. The zero-order valence-electron chi connectivity index (χ0n) is 19.7. The summed E-state index contributed by atoms with van der Waals surface area (Å²) >= 11 is 0. The van der Waals surface area contributed by atoms with Gasteiger partial charge in [-0.25, -0.2) is 4.79 Å². The van der Waals surface area contributed by atoms with Crippen LogP contribution < -0.4 is 4.74 Å². The van der Waals surface area contributed by atoms with Gasteiger partial charge in [-0.2, -0.15) is 0 Å². The van der Waals surface area contributed by atoms with Crippen LogP contribution >= 0.6 is 0 Å². The Morgan fingerprint density at radius 1 is 1.18 bits per heavy atom. The summed E-state index contributed by atoms with van der Waals surface area (Å²) in [5.41, 5.74) is 1.89. The van der Waals surface area contributed by atoms with E-state index in [9.17, 15) is 9.90 Å². The topological polar surface area (TPSA) is 88.0 Å². The van der Waals surface area contributed by atoms with Crippen molar-refractivity contribution >= 4 is 6.09 Å². The number of ether oxygens (including phenoxy) is 2. The predicted octanol–water partition coefficient (Wildman–Crippen LogP) is 3.87. The zero-order chi connectivity index (χ0) is 23.4. The molecule has 2 bridgehead atoms. The first-order valence-corrected chi connectivity index (χ1v) is 11.7. The van der Waals surface area contributed by atoms with Crippen LogP contribution in [0.1, 0.15) is 38.7 Å². The molecule has 2 aromatic rings. The largest absolute Gasteiger partial charge is 0.477 e. The highest BCUT2D eigenvalue weighted by Gasteiger charge is 2.45. The molecule has 3 fully saturated rings. The highest BCUT2D eigenvalue weighted by Crippen LogP contribution is 2.39. The van der Waals surface area contributed by atoms with Crippen molar-refractivity contribution in [3.8, 4) is 17.1 Å². The molecule has 1 aromatic heterocycles. The lowest BCUT2D eigenvalue weighted by atomic mass is 9.80. The van der Waals surface area contributed by atoms with E-state index in [2.05, 4.69) is 15.1 Å². The highest BCUT2D eigenvalue weighted by atomic mass is 16.5. The molecular formula is C25H34N4O4. The average Bonchev–Trinajstić information content (AvgIpc) is 2.83. The molecule has 0 radical (unpaired) electrons. The SMILES string of the molecule is COCCCOc1ccc(-c2cccc(C(C)(C)N(C(=O)O)C3CN4CCC3CC4)c2)nn1. The molecule has 1 aromatic carbocycles. The summed E-state index contributed by atoms with van der Waals surface area (Å²) in [5.74, 6) is 0.904. The molecule has 1 amide bonds. The Bertz CT molecular complexity index is 942. The Kier molecular flexibility index (Phi) is 7.14. The molecule has 5 rings (SSSR count). The van der Waals surface area contributed by atoms with Crippen molar-refractivity contribution in [1.82, 2.24) is 20.0 Å². The first-order valence-electron chi connectivity index (χ1n) is 11.7. The van der Waals surface area contributed by atoms with Gasteiger partial charge < -0.3 is 19.5 Å². The molecule has 3 saturated heterocycles. The third kappa shape index (κ3) is 5.12. The van der Waals surface area contributed by atoms with Gasteiger partial charge in [0.2, 0.25) is 5.88 Å². The van der Waals surface area contributed by atoms with Gasteiger partial charge in [-0.15, -0.1) is 10.2 Å². The third-order valence-electron chi connectivity index (χ3n) is 7.01. The Hall–Kier alpha value is -2.71. The molecule has 0 spiro atoms. The van der Waals surface area contributed by atoms with Gasteiger partial charge in [0.1, 0.15) is 0 Å². The monoisotopic (exact) mass is 454 g/mol. The number of nitrogens with zero attached hydrogens (tertiary/aromatic N) is 4. The van der Waals surface area contributed by atoms with E-state index in [4.69, 9.17) is 9.47 Å². The predicted molar refractivity (Wildman–Crippen MR) is 125 cm³/mol. The fourth-order valence-electron chi connectivity index (χ4n) is 5.15. The summed E-state index contributed by atoms with van der Waals surface area (Å²) < 4.78 is 10.6. The van der Waals surface area contributed by atoms with Crippen molar-refractivity contribution in [1.29, 1.82) is 0 Å². The maximum Gasteiger partial charge on any atom is 0.408 e. The Morgan fingerprint density at radius 2 is 1.97 bits per heavy atom. The number of amides is 1. The van der Waals surface area contributed by atoms with Crippen LogP contribution in [-0.2, 0) is 10.3 Å². The average molecular weight is 455 g/mol. The van der Waals surface area contributed by atoms with Crippen LogP contribution in [0.5, 0.6) is 5.88 Å². The molecule has 4 heterocycles. The number of hydrogen-bond acceptors (Lipinski definition) is 6. The summed E-state index contributed by atoms with van der Waals surface area (Å²) in [5, 5.41) is 18.7. The molecule has 3 aliphatic rings. The molecule has 3 aliphatic heterocycles. The van der Waals surface area contributed by atoms with E-state index in [-0.39, 0.29) is 6.04 Å². The Morgan fingerprint density at radius 3 is 2.58 bits per heavy atom. The van der Waals surface area contributed by atoms with Gasteiger partial charge in [0, 0.05) is 38.3 Å². The van der Waals surface area contributed by atoms with Gasteiger partial charge in [0.25, 0.3) is 0 Å². The summed E-state index contributed by atoms with van der Waals surface area (Å²) in [4.78, 5) is 16.6. The van der Waals surface area contributed by atoms with Crippen molar-refractivity contribution < 1.29 is 19.4 Å². The van der Waals surface area contributed by atoms with Gasteiger partial charge in [-0.1, -0.05) is 18.2 Å². The van der Waals surface area contributed by atoms with E-state index in [1.54, 1.807) is 12.0 Å². The lowest BCUT2D eigenvalue weighted by Crippen LogP contribution is -2.62. The molecular weight excluding hydrogens is 420 g/mol. The third-order valence-corrected chi connectivity index (χ3v) is 7.01. The lowest BCUT2D eigenvalue weighted by Gasteiger charge is -2.52. The first-order chi connectivity index (χ1) is 15.9. The number of aromatic nitrogens is 2. The first kappa shape index (κ1) is 23.4. The molecule has 1 unspecified atom stereocenters. The van der Waals surface area contributed by atoms with Gasteiger partial charge in [-0.3, -0.25) is 4.90 Å². The van der Waals surface area contributed by atoms with E-state index in [0.717, 1.165) is 55.7 Å². The van der Waals surface area contributed by atoms with Crippen LogP contribution in [0.3, 0.4) is 0 Å². The normalized spacial score (nSPS) is 22.2.